The van der Waals surface area contributed by atoms with Crippen LogP contribution in [0, 0.1) is 5.82 Å². The number of benzene rings is 2. The molecule has 8 heteroatoms. The fourth-order valence-corrected chi connectivity index (χ4v) is 4.13. The molecule has 1 fully saturated rings. The predicted octanol–water partition coefficient (Wildman–Crippen LogP) is 4.56. The van der Waals surface area contributed by atoms with E-state index in [1.54, 1.807) is 12.1 Å². The lowest BCUT2D eigenvalue weighted by Crippen LogP contribution is -2.36. The minimum Gasteiger partial charge on any atom is -0.378 e. The number of ether oxygens (including phenoxy) is 1. The Morgan fingerprint density at radius 1 is 1.15 bits per heavy atom. The maximum absolute atomic E-state index is 14.1. The maximum Gasteiger partial charge on any atom is 0.206 e. The number of para-hydroxylation sites is 1. The molecule has 2 aromatic carbocycles. The summed E-state index contributed by atoms with van der Waals surface area (Å²) >= 11 is 4.71. The third-order valence-electron chi connectivity index (χ3n) is 4.36. The first-order valence-corrected chi connectivity index (χ1v) is 10.2. The molecular weight excluding hydrogens is 431 g/mol. The molecule has 1 N–H and O–H groups in total. The van der Waals surface area contributed by atoms with Crippen LogP contribution in [-0.4, -0.2) is 36.5 Å². The highest BCUT2D eigenvalue weighted by atomic mass is 79.9. The molecule has 2 heterocycles. The Bertz CT molecular complexity index is 930. The highest BCUT2D eigenvalue weighted by molar-refractivity contribution is 9.10. The number of aromatic nitrogens is 2. The molecule has 3 aromatic rings. The molecule has 0 unspecified atom stereocenters. The van der Waals surface area contributed by atoms with E-state index < -0.39 is 0 Å². The van der Waals surface area contributed by atoms with Gasteiger partial charge in [-0.25, -0.2) is 4.39 Å². The van der Waals surface area contributed by atoms with E-state index in [2.05, 4.69) is 48.5 Å². The summed E-state index contributed by atoms with van der Waals surface area (Å²) in [6, 6.07) is 13.1. The van der Waals surface area contributed by atoms with Crippen LogP contribution < -0.4 is 10.2 Å². The average Bonchev–Trinajstić information content (AvgIpc) is 3.18. The van der Waals surface area contributed by atoms with Crippen LogP contribution in [0.3, 0.4) is 0 Å². The summed E-state index contributed by atoms with van der Waals surface area (Å²) in [6.07, 6.45) is 0. The molecule has 5 nitrogen and oxygen atoms in total. The number of hydrogen-bond acceptors (Lipinski definition) is 6. The Morgan fingerprint density at radius 2 is 1.96 bits per heavy atom. The zero-order valence-electron chi connectivity index (χ0n) is 14.5. The third kappa shape index (κ3) is 4.28. The summed E-state index contributed by atoms with van der Waals surface area (Å²) in [6.45, 7) is 3.91. The number of rotatable bonds is 5. The molecule has 0 bridgehead atoms. The van der Waals surface area contributed by atoms with Crippen LogP contribution in [0.1, 0.15) is 5.56 Å². The summed E-state index contributed by atoms with van der Waals surface area (Å²) in [5.74, 6) is -0.307. The second kappa shape index (κ2) is 8.33. The van der Waals surface area contributed by atoms with Crippen molar-refractivity contribution in [1.82, 2.24) is 10.2 Å². The topological polar surface area (TPSA) is 50.3 Å². The highest BCUT2D eigenvalue weighted by Crippen LogP contribution is 2.31. The Kier molecular flexibility index (Phi) is 5.66. The van der Waals surface area contributed by atoms with Gasteiger partial charge in [-0.2, -0.15) is 0 Å². The van der Waals surface area contributed by atoms with Gasteiger partial charge in [0, 0.05) is 35.4 Å². The van der Waals surface area contributed by atoms with Gasteiger partial charge >= 0.3 is 0 Å². The van der Waals surface area contributed by atoms with Crippen molar-refractivity contribution in [3.8, 4) is 10.6 Å². The van der Waals surface area contributed by atoms with Crippen molar-refractivity contribution in [3.63, 3.8) is 0 Å². The quantitative estimate of drug-likeness (QED) is 0.619. The van der Waals surface area contributed by atoms with Gasteiger partial charge in [0.1, 0.15) is 5.82 Å². The van der Waals surface area contributed by atoms with Gasteiger partial charge in [0.15, 0.2) is 5.01 Å². The first-order chi connectivity index (χ1) is 13.2. The molecule has 140 valence electrons. The van der Waals surface area contributed by atoms with Crippen molar-refractivity contribution in [2.45, 2.75) is 6.54 Å². The van der Waals surface area contributed by atoms with Crippen molar-refractivity contribution in [3.05, 3.63) is 58.3 Å². The lowest BCUT2D eigenvalue weighted by Gasteiger charge is -2.30. The van der Waals surface area contributed by atoms with Crippen molar-refractivity contribution in [2.24, 2.45) is 0 Å². The molecule has 0 amide bonds. The van der Waals surface area contributed by atoms with E-state index in [1.165, 1.54) is 28.7 Å². The van der Waals surface area contributed by atoms with Crippen LogP contribution >= 0.6 is 27.3 Å². The molecule has 1 aliphatic rings. The standard InChI is InChI=1S/C19H18BrFN4OS/c20-14-5-6-16(21)15(11-14)18-23-24-19(27-18)22-12-13-3-1-2-4-17(13)25-7-9-26-10-8-25/h1-6,11H,7-10,12H2,(H,22,24). The van der Waals surface area contributed by atoms with E-state index in [1.807, 2.05) is 12.1 Å². The number of hydrogen-bond donors (Lipinski definition) is 1. The van der Waals surface area contributed by atoms with Gasteiger partial charge < -0.3 is 15.0 Å². The zero-order chi connectivity index (χ0) is 18.6. The first-order valence-electron chi connectivity index (χ1n) is 8.64. The smallest absolute Gasteiger partial charge is 0.206 e. The van der Waals surface area contributed by atoms with Gasteiger partial charge in [0.05, 0.1) is 13.2 Å². The zero-order valence-corrected chi connectivity index (χ0v) is 16.9. The largest absolute Gasteiger partial charge is 0.378 e. The molecule has 1 saturated heterocycles. The number of morpholine rings is 1. The number of anilines is 2. The Balaban J connectivity index is 1.49. The Labute approximate surface area is 169 Å². The lowest BCUT2D eigenvalue weighted by molar-refractivity contribution is 0.122. The van der Waals surface area contributed by atoms with E-state index >= 15 is 0 Å². The molecule has 27 heavy (non-hydrogen) atoms. The van der Waals surface area contributed by atoms with Crippen LogP contribution in [0.5, 0.6) is 0 Å². The average molecular weight is 449 g/mol. The van der Waals surface area contributed by atoms with E-state index in [0.29, 0.717) is 22.2 Å². The molecule has 4 rings (SSSR count). The molecule has 0 spiro atoms. The Hall–Kier alpha value is -2.03. The van der Waals surface area contributed by atoms with Gasteiger partial charge in [-0.05, 0) is 29.8 Å². The van der Waals surface area contributed by atoms with Crippen LogP contribution in [0.2, 0.25) is 0 Å². The molecule has 0 aliphatic carbocycles. The highest BCUT2D eigenvalue weighted by Gasteiger charge is 2.15. The monoisotopic (exact) mass is 448 g/mol. The van der Waals surface area contributed by atoms with E-state index in [9.17, 15) is 4.39 Å². The van der Waals surface area contributed by atoms with Crippen molar-refractivity contribution < 1.29 is 9.13 Å². The predicted molar refractivity (Wildman–Crippen MR) is 110 cm³/mol. The molecule has 0 atom stereocenters. The fraction of sp³-hybridized carbons (Fsp3) is 0.263. The normalized spacial score (nSPS) is 14.4. The van der Waals surface area contributed by atoms with Crippen LogP contribution in [0.25, 0.3) is 10.6 Å². The number of nitrogens with one attached hydrogen (secondary N) is 1. The minimum atomic E-state index is -0.307. The third-order valence-corrected chi connectivity index (χ3v) is 5.76. The van der Waals surface area contributed by atoms with Gasteiger partial charge in [-0.15, -0.1) is 10.2 Å². The fourth-order valence-electron chi connectivity index (χ4n) is 3.01. The van der Waals surface area contributed by atoms with E-state index in [-0.39, 0.29) is 5.82 Å². The number of halogens is 2. The number of nitrogens with zero attached hydrogens (tertiary/aromatic N) is 3. The summed E-state index contributed by atoms with van der Waals surface area (Å²) in [4.78, 5) is 2.34. The van der Waals surface area contributed by atoms with Crippen molar-refractivity contribution in [2.75, 3.05) is 36.5 Å². The van der Waals surface area contributed by atoms with Crippen LogP contribution in [0.15, 0.2) is 46.9 Å². The van der Waals surface area contributed by atoms with Crippen LogP contribution in [-0.2, 0) is 11.3 Å². The molecule has 0 saturated carbocycles. The van der Waals surface area contributed by atoms with Gasteiger partial charge in [0.2, 0.25) is 5.13 Å². The summed E-state index contributed by atoms with van der Waals surface area (Å²) in [5.41, 5.74) is 2.84. The van der Waals surface area contributed by atoms with E-state index in [4.69, 9.17) is 4.74 Å². The molecule has 1 aliphatic heterocycles. The molecule has 0 radical (unpaired) electrons. The second-order valence-electron chi connectivity index (χ2n) is 6.12. The summed E-state index contributed by atoms with van der Waals surface area (Å²) in [5, 5.41) is 12.8. The minimum absolute atomic E-state index is 0.307. The molecule has 1 aromatic heterocycles. The van der Waals surface area contributed by atoms with Gasteiger partial charge in [0.25, 0.3) is 0 Å². The lowest BCUT2D eigenvalue weighted by atomic mass is 10.1. The summed E-state index contributed by atoms with van der Waals surface area (Å²) < 4.78 is 20.3. The van der Waals surface area contributed by atoms with Crippen molar-refractivity contribution >= 4 is 38.1 Å². The molecular formula is C19H18BrFN4OS. The van der Waals surface area contributed by atoms with Crippen molar-refractivity contribution in [1.29, 1.82) is 0 Å². The van der Waals surface area contributed by atoms with E-state index in [0.717, 1.165) is 30.8 Å². The maximum atomic E-state index is 14.1. The Morgan fingerprint density at radius 3 is 2.81 bits per heavy atom. The summed E-state index contributed by atoms with van der Waals surface area (Å²) in [7, 11) is 0. The van der Waals surface area contributed by atoms with Crippen LogP contribution in [0.4, 0.5) is 15.2 Å². The second-order valence-corrected chi connectivity index (χ2v) is 8.01. The first kappa shape index (κ1) is 18.3. The van der Waals surface area contributed by atoms with Gasteiger partial charge in [-0.1, -0.05) is 45.5 Å². The van der Waals surface area contributed by atoms with Gasteiger partial charge in [-0.3, -0.25) is 0 Å². The SMILES string of the molecule is Fc1ccc(Br)cc1-c1nnc(NCc2ccccc2N2CCOCC2)s1.